The summed E-state index contributed by atoms with van der Waals surface area (Å²) in [6.07, 6.45) is 4.44. The lowest BCUT2D eigenvalue weighted by molar-refractivity contribution is 0.0965. The molecule has 3 N–H and O–H groups in total. The average Bonchev–Trinajstić information content (AvgIpc) is 2.06. The third-order valence-corrected chi connectivity index (χ3v) is 2.42. The van der Waals surface area contributed by atoms with Crippen LogP contribution in [0, 0.1) is 0 Å². The molecule has 1 saturated heterocycles. The Balaban J connectivity index is 2.11. The number of nitrogens with zero attached hydrogens (tertiary/aromatic N) is 1. The van der Waals surface area contributed by atoms with E-state index in [-0.39, 0.29) is 6.10 Å². The van der Waals surface area contributed by atoms with Crippen LogP contribution in [0.25, 0.3) is 0 Å². The van der Waals surface area contributed by atoms with Crippen molar-refractivity contribution < 1.29 is 5.11 Å². The summed E-state index contributed by atoms with van der Waals surface area (Å²) in [6, 6.07) is 0. The van der Waals surface area contributed by atoms with Crippen molar-refractivity contribution in [2.24, 2.45) is 5.73 Å². The lowest BCUT2D eigenvalue weighted by Crippen LogP contribution is -2.37. The molecule has 0 aromatic carbocycles. The molecule has 1 aliphatic heterocycles. The number of piperidine rings is 1. The van der Waals surface area contributed by atoms with Gasteiger partial charge in [0.15, 0.2) is 0 Å². The summed E-state index contributed by atoms with van der Waals surface area (Å²) in [5.41, 5.74) is 5.36. The molecule has 0 amide bonds. The van der Waals surface area contributed by atoms with E-state index < -0.39 is 0 Å². The van der Waals surface area contributed by atoms with E-state index in [9.17, 15) is 5.11 Å². The van der Waals surface area contributed by atoms with Crippen molar-refractivity contribution in [1.29, 1.82) is 0 Å². The summed E-state index contributed by atoms with van der Waals surface area (Å²) >= 11 is 0. The molecule has 1 aliphatic rings. The van der Waals surface area contributed by atoms with Gasteiger partial charge in [0.25, 0.3) is 0 Å². The Hall–Kier alpha value is -0.120. The number of rotatable bonds is 4. The summed E-state index contributed by atoms with van der Waals surface area (Å²) in [7, 11) is 0. The lowest BCUT2D eigenvalue weighted by Gasteiger charge is -2.28. The zero-order chi connectivity index (χ0) is 8.81. The molecule has 1 heterocycles. The van der Waals surface area contributed by atoms with E-state index in [1.807, 2.05) is 0 Å². The van der Waals surface area contributed by atoms with Crippen molar-refractivity contribution in [3.05, 3.63) is 0 Å². The van der Waals surface area contributed by atoms with Crippen LogP contribution in [0.5, 0.6) is 0 Å². The molecule has 1 atom stereocenters. The van der Waals surface area contributed by atoms with E-state index >= 15 is 0 Å². The van der Waals surface area contributed by atoms with Crippen molar-refractivity contribution in [3.63, 3.8) is 0 Å². The van der Waals surface area contributed by atoms with Crippen LogP contribution in [0.3, 0.4) is 0 Å². The van der Waals surface area contributed by atoms with Crippen LogP contribution in [-0.4, -0.2) is 42.3 Å². The second-order valence-corrected chi connectivity index (χ2v) is 3.59. The van der Waals surface area contributed by atoms with E-state index in [2.05, 4.69) is 4.90 Å². The van der Waals surface area contributed by atoms with Crippen LogP contribution in [0.4, 0.5) is 0 Å². The highest BCUT2D eigenvalue weighted by Crippen LogP contribution is 2.09. The first kappa shape index (κ1) is 9.96. The third kappa shape index (κ3) is 3.52. The van der Waals surface area contributed by atoms with Crippen LogP contribution in [0.2, 0.25) is 0 Å². The maximum absolute atomic E-state index is 9.48. The molecule has 0 radical (unpaired) electrons. The summed E-state index contributed by atoms with van der Waals surface area (Å²) in [5, 5.41) is 9.48. The van der Waals surface area contributed by atoms with Crippen LogP contribution in [-0.2, 0) is 0 Å². The first-order chi connectivity index (χ1) is 5.83. The van der Waals surface area contributed by atoms with E-state index in [4.69, 9.17) is 5.73 Å². The Kier molecular flexibility index (Phi) is 4.58. The van der Waals surface area contributed by atoms with Crippen molar-refractivity contribution in [2.45, 2.75) is 31.8 Å². The van der Waals surface area contributed by atoms with Gasteiger partial charge >= 0.3 is 0 Å². The molecule has 0 saturated carbocycles. The highest BCUT2D eigenvalue weighted by Gasteiger charge is 2.13. The lowest BCUT2D eigenvalue weighted by atomic mass is 10.1. The van der Waals surface area contributed by atoms with Gasteiger partial charge in [-0.1, -0.05) is 6.42 Å². The molecule has 1 fully saturated rings. The summed E-state index contributed by atoms with van der Waals surface area (Å²) in [5.74, 6) is 0. The molecule has 12 heavy (non-hydrogen) atoms. The van der Waals surface area contributed by atoms with Gasteiger partial charge in [-0.15, -0.1) is 0 Å². The number of β-amino-alcohol motifs (C(OH)–C–C–N with tert-alkyl or cyclic N) is 1. The molecule has 3 heteroatoms. The van der Waals surface area contributed by atoms with Gasteiger partial charge in [-0.05, 0) is 38.9 Å². The topological polar surface area (TPSA) is 49.5 Å². The van der Waals surface area contributed by atoms with Crippen LogP contribution in [0.1, 0.15) is 25.7 Å². The zero-order valence-corrected chi connectivity index (χ0v) is 7.71. The number of likely N-dealkylation sites (tertiary alicyclic amines) is 1. The van der Waals surface area contributed by atoms with Gasteiger partial charge in [-0.2, -0.15) is 0 Å². The largest absolute Gasteiger partial charge is 0.392 e. The Morgan fingerprint density at radius 2 is 1.92 bits per heavy atom. The predicted molar refractivity (Wildman–Crippen MR) is 50.0 cm³/mol. The van der Waals surface area contributed by atoms with Gasteiger partial charge < -0.3 is 15.7 Å². The second-order valence-electron chi connectivity index (χ2n) is 3.59. The number of aliphatic hydroxyl groups is 1. The van der Waals surface area contributed by atoms with Gasteiger partial charge in [-0.25, -0.2) is 0 Å². The highest BCUT2D eigenvalue weighted by atomic mass is 16.3. The Labute approximate surface area is 74.5 Å². The molecule has 0 bridgehead atoms. The van der Waals surface area contributed by atoms with Gasteiger partial charge in [0.05, 0.1) is 6.10 Å². The molecule has 72 valence electrons. The molecule has 0 aromatic rings. The molecule has 0 spiro atoms. The SMILES string of the molecule is NCC[C@H](O)CN1CCCCC1. The van der Waals surface area contributed by atoms with E-state index in [1.54, 1.807) is 0 Å². The van der Waals surface area contributed by atoms with Crippen LogP contribution in [0.15, 0.2) is 0 Å². The summed E-state index contributed by atoms with van der Waals surface area (Å²) in [6.45, 7) is 3.72. The van der Waals surface area contributed by atoms with Crippen molar-refractivity contribution in [2.75, 3.05) is 26.2 Å². The van der Waals surface area contributed by atoms with Crippen LogP contribution < -0.4 is 5.73 Å². The second kappa shape index (κ2) is 5.51. The van der Waals surface area contributed by atoms with Gasteiger partial charge in [0, 0.05) is 6.54 Å². The third-order valence-electron chi connectivity index (χ3n) is 2.42. The van der Waals surface area contributed by atoms with Gasteiger partial charge in [-0.3, -0.25) is 0 Å². The Bertz CT molecular complexity index is 113. The summed E-state index contributed by atoms with van der Waals surface area (Å²) < 4.78 is 0. The van der Waals surface area contributed by atoms with Crippen molar-refractivity contribution >= 4 is 0 Å². The van der Waals surface area contributed by atoms with Crippen molar-refractivity contribution in [1.82, 2.24) is 4.90 Å². The fraction of sp³-hybridized carbons (Fsp3) is 1.00. The molecule has 0 aromatic heterocycles. The predicted octanol–water partition coefficient (Wildman–Crippen LogP) is 0.182. The molecule has 0 aliphatic carbocycles. The smallest absolute Gasteiger partial charge is 0.0679 e. The normalized spacial score (nSPS) is 22.5. The quantitative estimate of drug-likeness (QED) is 0.636. The number of hydrogen-bond acceptors (Lipinski definition) is 3. The number of nitrogens with two attached hydrogens (primary N) is 1. The molecule has 0 unspecified atom stereocenters. The molecule has 3 nitrogen and oxygen atoms in total. The summed E-state index contributed by atoms with van der Waals surface area (Å²) in [4.78, 5) is 2.34. The minimum Gasteiger partial charge on any atom is -0.392 e. The monoisotopic (exact) mass is 172 g/mol. The fourth-order valence-corrected chi connectivity index (χ4v) is 1.72. The minimum atomic E-state index is -0.215. The van der Waals surface area contributed by atoms with Gasteiger partial charge in [0.2, 0.25) is 0 Å². The minimum absolute atomic E-state index is 0.215. The average molecular weight is 172 g/mol. The first-order valence-corrected chi connectivity index (χ1v) is 4.93. The molecular formula is C9H20N2O. The molecule has 1 rings (SSSR count). The standard InChI is InChI=1S/C9H20N2O/c10-5-4-9(12)8-11-6-2-1-3-7-11/h9,12H,1-8,10H2/t9-/m0/s1. The highest BCUT2D eigenvalue weighted by molar-refractivity contribution is 4.68. The first-order valence-electron chi connectivity index (χ1n) is 4.93. The Morgan fingerprint density at radius 1 is 1.25 bits per heavy atom. The number of hydrogen-bond donors (Lipinski definition) is 2. The molecular weight excluding hydrogens is 152 g/mol. The van der Waals surface area contributed by atoms with Crippen LogP contribution >= 0.6 is 0 Å². The zero-order valence-electron chi connectivity index (χ0n) is 7.71. The van der Waals surface area contributed by atoms with E-state index in [0.717, 1.165) is 26.1 Å². The number of aliphatic hydroxyl groups excluding tert-OH is 1. The van der Waals surface area contributed by atoms with Crippen molar-refractivity contribution in [3.8, 4) is 0 Å². The van der Waals surface area contributed by atoms with E-state index in [0.29, 0.717) is 6.54 Å². The maximum Gasteiger partial charge on any atom is 0.0679 e. The van der Waals surface area contributed by atoms with Gasteiger partial charge in [0.1, 0.15) is 0 Å². The fourth-order valence-electron chi connectivity index (χ4n) is 1.72. The Morgan fingerprint density at radius 3 is 2.50 bits per heavy atom. The van der Waals surface area contributed by atoms with E-state index in [1.165, 1.54) is 19.3 Å². The maximum atomic E-state index is 9.48.